The number of rotatable bonds is 7. The minimum absolute atomic E-state index is 0.130. The van der Waals surface area contributed by atoms with Gasteiger partial charge in [0.2, 0.25) is 0 Å². The van der Waals surface area contributed by atoms with Gasteiger partial charge in [-0.2, -0.15) is 0 Å². The highest BCUT2D eigenvalue weighted by Gasteiger charge is 2.37. The van der Waals surface area contributed by atoms with Crippen molar-refractivity contribution in [1.82, 2.24) is 4.90 Å². The number of ether oxygens (including phenoxy) is 1. The molecule has 0 saturated heterocycles. The van der Waals surface area contributed by atoms with Crippen molar-refractivity contribution in [2.45, 2.75) is 58.3 Å². The first-order chi connectivity index (χ1) is 10.5. The molecule has 0 radical (unpaired) electrons. The molecule has 1 aromatic rings. The first kappa shape index (κ1) is 17.5. The molecule has 124 valence electrons. The van der Waals surface area contributed by atoms with Gasteiger partial charge in [0.05, 0.1) is 12.7 Å². The van der Waals surface area contributed by atoms with Crippen LogP contribution >= 0.6 is 0 Å². The van der Waals surface area contributed by atoms with E-state index in [4.69, 9.17) is 4.74 Å². The fourth-order valence-electron chi connectivity index (χ4n) is 3.51. The quantitative estimate of drug-likeness (QED) is 0.783. The van der Waals surface area contributed by atoms with E-state index in [-0.39, 0.29) is 6.10 Å². The first-order valence-corrected chi connectivity index (χ1v) is 8.49. The van der Waals surface area contributed by atoms with Crippen molar-refractivity contribution in [3.05, 3.63) is 35.9 Å². The summed E-state index contributed by atoms with van der Waals surface area (Å²) in [5.74, 6) is 0. The van der Waals surface area contributed by atoms with Crippen LogP contribution in [0.25, 0.3) is 0 Å². The molecule has 1 N–H and O–H groups in total. The normalized spacial score (nSPS) is 24.6. The van der Waals surface area contributed by atoms with Crippen LogP contribution < -0.4 is 0 Å². The lowest BCUT2D eigenvalue weighted by Gasteiger charge is -2.45. The van der Waals surface area contributed by atoms with E-state index in [0.717, 1.165) is 38.8 Å². The molecule has 0 aliphatic heterocycles. The van der Waals surface area contributed by atoms with E-state index >= 15 is 0 Å². The summed E-state index contributed by atoms with van der Waals surface area (Å²) in [4.78, 5) is 2.41. The Hall–Kier alpha value is -0.900. The molecule has 1 aliphatic rings. The smallest absolute Gasteiger partial charge is 0.0716 e. The Balaban J connectivity index is 1.67. The van der Waals surface area contributed by atoms with Crippen molar-refractivity contribution in [3.8, 4) is 0 Å². The van der Waals surface area contributed by atoms with Gasteiger partial charge in [0.25, 0.3) is 0 Å². The van der Waals surface area contributed by atoms with E-state index < -0.39 is 0 Å². The molecule has 1 aromatic carbocycles. The molecular weight excluding hydrogens is 274 g/mol. The standard InChI is InChI=1S/C19H31NO2/c1-19(2)11-10-17(21)14-18(19)20(3)12-7-13-22-15-16-8-5-4-6-9-16/h4-6,8-9,17-18,21H,7,10-15H2,1-3H3. The van der Waals surface area contributed by atoms with E-state index in [1.807, 2.05) is 18.2 Å². The minimum atomic E-state index is -0.130. The third-order valence-corrected chi connectivity index (χ3v) is 4.96. The monoisotopic (exact) mass is 305 g/mol. The molecule has 0 aromatic heterocycles. The zero-order chi connectivity index (χ0) is 16.0. The maximum Gasteiger partial charge on any atom is 0.0716 e. The average molecular weight is 305 g/mol. The van der Waals surface area contributed by atoms with Crippen molar-refractivity contribution >= 4 is 0 Å². The summed E-state index contributed by atoms with van der Waals surface area (Å²) < 4.78 is 5.75. The molecule has 0 amide bonds. The van der Waals surface area contributed by atoms with Crippen LogP contribution in [0.5, 0.6) is 0 Å². The molecule has 3 nitrogen and oxygen atoms in total. The fraction of sp³-hybridized carbons (Fsp3) is 0.684. The zero-order valence-corrected chi connectivity index (χ0v) is 14.3. The van der Waals surface area contributed by atoms with Gasteiger partial charge in [-0.3, -0.25) is 0 Å². The highest BCUT2D eigenvalue weighted by atomic mass is 16.5. The van der Waals surface area contributed by atoms with Crippen molar-refractivity contribution in [3.63, 3.8) is 0 Å². The summed E-state index contributed by atoms with van der Waals surface area (Å²) in [6.07, 6.45) is 3.85. The number of hydrogen-bond acceptors (Lipinski definition) is 3. The van der Waals surface area contributed by atoms with Gasteiger partial charge in [0.15, 0.2) is 0 Å². The first-order valence-electron chi connectivity index (χ1n) is 8.49. The van der Waals surface area contributed by atoms with Crippen LogP contribution in [0, 0.1) is 5.41 Å². The van der Waals surface area contributed by atoms with E-state index in [9.17, 15) is 5.11 Å². The summed E-state index contributed by atoms with van der Waals surface area (Å²) in [7, 11) is 2.18. The van der Waals surface area contributed by atoms with Crippen LogP contribution in [-0.4, -0.2) is 42.4 Å². The number of aliphatic hydroxyl groups is 1. The van der Waals surface area contributed by atoms with E-state index in [0.29, 0.717) is 18.1 Å². The van der Waals surface area contributed by atoms with Crippen LogP contribution in [-0.2, 0) is 11.3 Å². The van der Waals surface area contributed by atoms with Gasteiger partial charge >= 0.3 is 0 Å². The van der Waals surface area contributed by atoms with Crippen molar-refractivity contribution in [1.29, 1.82) is 0 Å². The molecule has 22 heavy (non-hydrogen) atoms. The Kier molecular flexibility index (Phi) is 6.42. The van der Waals surface area contributed by atoms with Gasteiger partial charge in [-0.1, -0.05) is 44.2 Å². The van der Waals surface area contributed by atoms with Gasteiger partial charge in [0.1, 0.15) is 0 Å². The fourth-order valence-corrected chi connectivity index (χ4v) is 3.51. The van der Waals surface area contributed by atoms with Gasteiger partial charge in [-0.25, -0.2) is 0 Å². The van der Waals surface area contributed by atoms with E-state index in [2.05, 4.69) is 37.9 Å². The van der Waals surface area contributed by atoms with Crippen molar-refractivity contribution in [2.75, 3.05) is 20.2 Å². The predicted octanol–water partition coefficient (Wildman–Crippen LogP) is 3.46. The Morgan fingerprint density at radius 1 is 1.27 bits per heavy atom. The van der Waals surface area contributed by atoms with Crippen LogP contribution in [0.15, 0.2) is 30.3 Å². The van der Waals surface area contributed by atoms with Crippen LogP contribution in [0.4, 0.5) is 0 Å². The summed E-state index contributed by atoms with van der Waals surface area (Å²) in [5.41, 5.74) is 1.52. The SMILES string of the molecule is CN(CCCOCc1ccccc1)C1CC(O)CCC1(C)C. The molecule has 2 unspecified atom stereocenters. The second kappa shape index (κ2) is 8.09. The van der Waals surface area contributed by atoms with Gasteiger partial charge in [-0.05, 0) is 43.7 Å². The lowest BCUT2D eigenvalue weighted by molar-refractivity contribution is -0.00457. The summed E-state index contributed by atoms with van der Waals surface area (Å²) in [5, 5.41) is 9.95. The summed E-state index contributed by atoms with van der Waals surface area (Å²) >= 11 is 0. The summed E-state index contributed by atoms with van der Waals surface area (Å²) in [6, 6.07) is 10.8. The van der Waals surface area contributed by atoms with Crippen LogP contribution in [0.3, 0.4) is 0 Å². The molecule has 0 bridgehead atoms. The number of nitrogens with zero attached hydrogens (tertiary/aromatic N) is 1. The molecular formula is C19H31NO2. The lowest BCUT2D eigenvalue weighted by Crippen LogP contribution is -2.48. The third kappa shape index (κ3) is 5.08. The minimum Gasteiger partial charge on any atom is -0.393 e. The molecule has 1 fully saturated rings. The third-order valence-electron chi connectivity index (χ3n) is 4.96. The molecule has 3 heteroatoms. The van der Waals surface area contributed by atoms with Gasteiger partial charge in [-0.15, -0.1) is 0 Å². The Bertz CT molecular complexity index is 432. The highest BCUT2D eigenvalue weighted by molar-refractivity contribution is 5.13. The number of benzene rings is 1. The molecule has 0 heterocycles. The molecule has 1 aliphatic carbocycles. The molecule has 1 saturated carbocycles. The lowest BCUT2D eigenvalue weighted by atomic mass is 9.71. The van der Waals surface area contributed by atoms with Gasteiger partial charge in [0, 0.05) is 19.2 Å². The second-order valence-electron chi connectivity index (χ2n) is 7.30. The van der Waals surface area contributed by atoms with Crippen molar-refractivity contribution in [2.24, 2.45) is 5.41 Å². The highest BCUT2D eigenvalue weighted by Crippen LogP contribution is 2.38. The Labute approximate surface area is 135 Å². The number of aliphatic hydroxyl groups excluding tert-OH is 1. The van der Waals surface area contributed by atoms with Crippen molar-refractivity contribution < 1.29 is 9.84 Å². The predicted molar refractivity (Wildman–Crippen MR) is 90.8 cm³/mol. The average Bonchev–Trinajstić information content (AvgIpc) is 2.50. The topological polar surface area (TPSA) is 32.7 Å². The van der Waals surface area contributed by atoms with Crippen LogP contribution in [0.2, 0.25) is 0 Å². The Morgan fingerprint density at radius 3 is 2.73 bits per heavy atom. The van der Waals surface area contributed by atoms with Gasteiger partial charge < -0.3 is 14.7 Å². The maximum absolute atomic E-state index is 9.95. The van der Waals surface area contributed by atoms with E-state index in [1.54, 1.807) is 0 Å². The van der Waals surface area contributed by atoms with Crippen LogP contribution in [0.1, 0.15) is 45.1 Å². The molecule has 0 spiro atoms. The molecule has 2 rings (SSSR count). The summed E-state index contributed by atoms with van der Waals surface area (Å²) in [6.45, 7) is 7.15. The zero-order valence-electron chi connectivity index (χ0n) is 14.3. The Morgan fingerprint density at radius 2 is 2.00 bits per heavy atom. The largest absolute Gasteiger partial charge is 0.393 e. The van der Waals surface area contributed by atoms with E-state index in [1.165, 1.54) is 5.56 Å². The maximum atomic E-state index is 9.95. The molecule has 2 atom stereocenters. The second-order valence-corrected chi connectivity index (χ2v) is 7.30. The number of hydrogen-bond donors (Lipinski definition) is 1.